The molecule has 0 aliphatic heterocycles. The van der Waals surface area contributed by atoms with Gasteiger partial charge in [-0.2, -0.15) is 5.10 Å². The first-order valence-corrected chi connectivity index (χ1v) is 12.2. The number of rotatable bonds is 7. The smallest absolute Gasteiger partial charge is 0.273 e. The van der Waals surface area contributed by atoms with Gasteiger partial charge < -0.3 is 9.84 Å². The van der Waals surface area contributed by atoms with Crippen molar-refractivity contribution in [2.45, 2.75) is 17.2 Å². The fourth-order valence-electron chi connectivity index (χ4n) is 3.54. The maximum atomic E-state index is 14.1. The van der Waals surface area contributed by atoms with Crippen LogP contribution in [0.4, 0.5) is 8.78 Å². The molecule has 1 atom stereocenters. The second kappa shape index (κ2) is 9.02. The summed E-state index contributed by atoms with van der Waals surface area (Å²) in [5.41, 5.74) is -0.0223. The molecule has 1 unspecified atom stereocenters. The molecule has 4 rings (SSSR count). The summed E-state index contributed by atoms with van der Waals surface area (Å²) in [5.74, 6) is -2.25. The fraction of sp³-hybridized carbons (Fsp3) is 0.217. The largest absolute Gasteiger partial charge is 0.355 e. The molecule has 0 bridgehead atoms. The molecule has 0 fully saturated rings. The van der Waals surface area contributed by atoms with Gasteiger partial charge in [0.05, 0.1) is 27.8 Å². The van der Waals surface area contributed by atoms with Crippen LogP contribution in [0.3, 0.4) is 0 Å². The molecule has 0 saturated heterocycles. The molecule has 3 heterocycles. The van der Waals surface area contributed by atoms with E-state index in [0.29, 0.717) is 17.3 Å². The van der Waals surface area contributed by atoms with Crippen molar-refractivity contribution in [3.63, 3.8) is 0 Å². The molecular weight excluding hydrogens is 480 g/mol. The Bertz CT molecular complexity index is 1520. The molecular formula is C23H21F2N5O4S. The zero-order chi connectivity index (χ0) is 25.4. The molecule has 0 aliphatic rings. The number of carbonyl (C=O) groups is 1. The summed E-state index contributed by atoms with van der Waals surface area (Å²) in [4.78, 5) is 17.3. The Morgan fingerprint density at radius 1 is 1.20 bits per heavy atom. The Balaban J connectivity index is 1.62. The number of sulfone groups is 1. The van der Waals surface area contributed by atoms with Crippen LogP contribution in [0.1, 0.15) is 28.7 Å². The van der Waals surface area contributed by atoms with Crippen LogP contribution in [0.5, 0.6) is 0 Å². The van der Waals surface area contributed by atoms with E-state index in [1.54, 1.807) is 31.0 Å². The minimum Gasteiger partial charge on any atom is -0.355 e. The fourth-order valence-corrected chi connectivity index (χ4v) is 4.17. The Morgan fingerprint density at radius 2 is 1.97 bits per heavy atom. The number of aryl methyl sites for hydroxylation is 1. The summed E-state index contributed by atoms with van der Waals surface area (Å²) in [6.07, 6.45) is 5.84. The zero-order valence-corrected chi connectivity index (χ0v) is 19.8. The summed E-state index contributed by atoms with van der Waals surface area (Å²) < 4.78 is 58.1. The number of nitrogens with one attached hydrogen (secondary N) is 1. The standard InChI is InChI=1S/C23H21F2N5O4S/c1-23(14-11-28-30(2)12-14,21-9-16(6-7-26-21)35(3,32)33)13-27-22(31)19-10-20(34-29-19)17-5-4-15(24)8-18(17)25/h4-12H,13H2,1-3H3,(H,27,31). The van der Waals surface area contributed by atoms with E-state index in [4.69, 9.17) is 4.52 Å². The Hall–Kier alpha value is -3.93. The molecule has 35 heavy (non-hydrogen) atoms. The van der Waals surface area contributed by atoms with Crippen LogP contribution >= 0.6 is 0 Å². The van der Waals surface area contributed by atoms with Gasteiger partial charge in [0.2, 0.25) is 0 Å². The highest BCUT2D eigenvalue weighted by Gasteiger charge is 2.34. The van der Waals surface area contributed by atoms with Gasteiger partial charge in [0, 0.05) is 49.9 Å². The maximum absolute atomic E-state index is 14.1. The van der Waals surface area contributed by atoms with Gasteiger partial charge in [0.15, 0.2) is 21.3 Å². The Morgan fingerprint density at radius 3 is 2.63 bits per heavy atom. The van der Waals surface area contributed by atoms with Gasteiger partial charge in [-0.05, 0) is 31.2 Å². The van der Waals surface area contributed by atoms with Gasteiger partial charge in [-0.1, -0.05) is 5.16 Å². The van der Waals surface area contributed by atoms with Crippen molar-refractivity contribution in [2.24, 2.45) is 7.05 Å². The Labute approximate surface area is 199 Å². The summed E-state index contributed by atoms with van der Waals surface area (Å²) >= 11 is 0. The topological polar surface area (TPSA) is 120 Å². The summed E-state index contributed by atoms with van der Waals surface area (Å²) in [6.45, 7) is 1.80. The molecule has 0 aliphatic carbocycles. The monoisotopic (exact) mass is 501 g/mol. The van der Waals surface area contributed by atoms with Crippen LogP contribution in [-0.4, -0.2) is 47.0 Å². The van der Waals surface area contributed by atoms with E-state index < -0.39 is 32.8 Å². The highest BCUT2D eigenvalue weighted by Crippen LogP contribution is 2.31. The predicted molar refractivity (Wildman–Crippen MR) is 121 cm³/mol. The number of hydrogen-bond donors (Lipinski definition) is 1. The summed E-state index contributed by atoms with van der Waals surface area (Å²) in [5, 5.41) is 10.6. The first-order valence-electron chi connectivity index (χ1n) is 10.3. The van der Waals surface area contributed by atoms with Crippen molar-refractivity contribution in [3.05, 3.63) is 83.6 Å². The third kappa shape index (κ3) is 4.97. The minimum absolute atomic E-state index is 0.00481. The van der Waals surface area contributed by atoms with E-state index >= 15 is 0 Å². The lowest BCUT2D eigenvalue weighted by Crippen LogP contribution is -2.40. The minimum atomic E-state index is -3.49. The average molecular weight is 502 g/mol. The molecule has 1 amide bonds. The van der Waals surface area contributed by atoms with Crippen molar-refractivity contribution in [1.29, 1.82) is 0 Å². The second-order valence-electron chi connectivity index (χ2n) is 8.27. The zero-order valence-electron chi connectivity index (χ0n) is 19.0. The lowest BCUT2D eigenvalue weighted by molar-refractivity contribution is 0.0938. The number of pyridine rings is 1. The van der Waals surface area contributed by atoms with Crippen molar-refractivity contribution in [1.82, 2.24) is 25.2 Å². The van der Waals surface area contributed by atoms with Gasteiger partial charge in [0.25, 0.3) is 5.91 Å². The van der Waals surface area contributed by atoms with Crippen molar-refractivity contribution < 1.29 is 26.5 Å². The molecule has 4 aromatic rings. The summed E-state index contributed by atoms with van der Waals surface area (Å²) in [6, 6.07) is 7.06. The van der Waals surface area contributed by atoms with Crippen LogP contribution in [0.25, 0.3) is 11.3 Å². The number of benzene rings is 1. The van der Waals surface area contributed by atoms with Gasteiger partial charge in [-0.25, -0.2) is 17.2 Å². The van der Waals surface area contributed by atoms with E-state index in [-0.39, 0.29) is 28.5 Å². The average Bonchev–Trinajstić information content (AvgIpc) is 3.46. The maximum Gasteiger partial charge on any atom is 0.273 e. The van der Waals surface area contributed by atoms with Crippen LogP contribution in [0, 0.1) is 11.6 Å². The molecule has 1 aromatic carbocycles. The van der Waals surface area contributed by atoms with E-state index in [1.807, 2.05) is 0 Å². The predicted octanol–water partition coefficient (Wildman–Crippen LogP) is 2.89. The third-order valence-electron chi connectivity index (χ3n) is 5.61. The van der Waals surface area contributed by atoms with Crippen LogP contribution in [-0.2, 0) is 22.3 Å². The number of aromatic nitrogens is 4. The van der Waals surface area contributed by atoms with Gasteiger partial charge in [-0.15, -0.1) is 0 Å². The van der Waals surface area contributed by atoms with E-state index in [2.05, 4.69) is 20.6 Å². The molecule has 1 N–H and O–H groups in total. The highest BCUT2D eigenvalue weighted by atomic mass is 32.2. The van der Waals surface area contributed by atoms with Crippen molar-refractivity contribution in [2.75, 3.05) is 12.8 Å². The normalized spacial score (nSPS) is 13.4. The molecule has 0 saturated carbocycles. The second-order valence-corrected chi connectivity index (χ2v) is 10.3. The number of carbonyl (C=O) groups excluding carboxylic acids is 1. The molecule has 0 radical (unpaired) electrons. The molecule has 9 nitrogen and oxygen atoms in total. The SMILES string of the molecule is Cn1cc(C(C)(CNC(=O)c2cc(-c3ccc(F)cc3F)on2)c2cc(S(C)(=O)=O)ccn2)cn1. The van der Waals surface area contributed by atoms with E-state index in [1.165, 1.54) is 30.5 Å². The van der Waals surface area contributed by atoms with Gasteiger partial charge in [-0.3, -0.25) is 14.5 Å². The lowest BCUT2D eigenvalue weighted by atomic mass is 9.80. The van der Waals surface area contributed by atoms with Gasteiger partial charge >= 0.3 is 0 Å². The lowest BCUT2D eigenvalue weighted by Gasteiger charge is -2.28. The van der Waals surface area contributed by atoms with Crippen molar-refractivity contribution in [3.8, 4) is 11.3 Å². The molecule has 3 aromatic heterocycles. The molecule has 12 heteroatoms. The van der Waals surface area contributed by atoms with Gasteiger partial charge in [0.1, 0.15) is 11.6 Å². The first kappa shape index (κ1) is 24.2. The molecule has 0 spiro atoms. The highest BCUT2D eigenvalue weighted by molar-refractivity contribution is 7.90. The molecule has 182 valence electrons. The van der Waals surface area contributed by atoms with Crippen LogP contribution < -0.4 is 5.32 Å². The van der Waals surface area contributed by atoms with E-state index in [0.717, 1.165) is 12.3 Å². The summed E-state index contributed by atoms with van der Waals surface area (Å²) in [7, 11) is -1.76. The number of halogens is 2. The number of nitrogens with zero attached hydrogens (tertiary/aromatic N) is 4. The van der Waals surface area contributed by atoms with Crippen LogP contribution in [0.2, 0.25) is 0 Å². The third-order valence-corrected chi connectivity index (χ3v) is 6.72. The van der Waals surface area contributed by atoms with Crippen molar-refractivity contribution >= 4 is 15.7 Å². The number of amides is 1. The number of hydrogen-bond acceptors (Lipinski definition) is 7. The van der Waals surface area contributed by atoms with E-state index in [9.17, 15) is 22.0 Å². The van der Waals surface area contributed by atoms with Crippen LogP contribution in [0.15, 0.2) is 64.4 Å². The quantitative estimate of drug-likeness (QED) is 0.413. The first-order chi connectivity index (χ1) is 16.5. The Kier molecular flexibility index (Phi) is 6.24.